The second-order valence-corrected chi connectivity index (χ2v) is 5.54. The molecule has 0 saturated heterocycles. The summed E-state index contributed by atoms with van der Waals surface area (Å²) >= 11 is 3.51. The molecular weight excluding hydrogens is 320 g/mol. The second kappa shape index (κ2) is 6.90. The van der Waals surface area contributed by atoms with Gasteiger partial charge in [-0.1, -0.05) is 22.9 Å². The summed E-state index contributed by atoms with van der Waals surface area (Å²) in [6.45, 7) is 2.97. The average molecular weight is 339 g/mol. The van der Waals surface area contributed by atoms with E-state index in [2.05, 4.69) is 27.8 Å². The molecule has 4 nitrogen and oxygen atoms in total. The first-order valence-electron chi connectivity index (χ1n) is 6.66. The number of rotatable bonds is 6. The molecule has 1 N–H and O–H groups in total. The van der Waals surface area contributed by atoms with Crippen molar-refractivity contribution in [1.29, 1.82) is 0 Å². The third-order valence-corrected chi connectivity index (χ3v) is 3.99. The molecule has 2 rings (SSSR count). The largest absolute Gasteiger partial charge is 0.497 e. The zero-order valence-electron chi connectivity index (χ0n) is 11.7. The van der Waals surface area contributed by atoms with E-state index in [4.69, 9.17) is 4.74 Å². The third kappa shape index (κ3) is 3.41. The van der Waals surface area contributed by atoms with Gasteiger partial charge in [0.05, 0.1) is 31.4 Å². The Bertz CT molecular complexity index is 569. The minimum Gasteiger partial charge on any atom is -0.497 e. The molecule has 0 saturated carbocycles. The fourth-order valence-electron chi connectivity index (χ4n) is 2.18. The molecule has 1 heterocycles. The summed E-state index contributed by atoms with van der Waals surface area (Å²) in [4.78, 5) is 4.13. The van der Waals surface area contributed by atoms with Crippen LogP contribution in [0.25, 0.3) is 0 Å². The maximum absolute atomic E-state index is 10.4. The summed E-state index contributed by atoms with van der Waals surface area (Å²) in [5, 5.41) is 10.4. The van der Waals surface area contributed by atoms with Gasteiger partial charge in [0.25, 0.3) is 0 Å². The molecular formula is C15H19BrN2O2. The Morgan fingerprint density at radius 3 is 2.95 bits per heavy atom. The van der Waals surface area contributed by atoms with Crippen molar-refractivity contribution in [3.8, 4) is 5.75 Å². The van der Waals surface area contributed by atoms with Gasteiger partial charge >= 0.3 is 0 Å². The number of aliphatic hydroxyl groups excluding tert-OH is 1. The van der Waals surface area contributed by atoms with Crippen molar-refractivity contribution in [2.75, 3.05) is 7.11 Å². The number of methoxy groups -OCH3 is 1. The van der Waals surface area contributed by atoms with Crippen LogP contribution in [-0.2, 0) is 13.0 Å². The lowest BCUT2D eigenvalue weighted by atomic mass is 10.1. The van der Waals surface area contributed by atoms with Gasteiger partial charge in [0.2, 0.25) is 0 Å². The molecule has 1 aromatic carbocycles. The van der Waals surface area contributed by atoms with E-state index in [1.165, 1.54) is 0 Å². The van der Waals surface area contributed by atoms with Gasteiger partial charge in [0.15, 0.2) is 0 Å². The van der Waals surface area contributed by atoms with E-state index in [0.717, 1.165) is 34.4 Å². The van der Waals surface area contributed by atoms with Gasteiger partial charge in [0, 0.05) is 17.4 Å². The molecule has 0 radical (unpaired) electrons. The molecule has 0 aliphatic heterocycles. The Hall–Kier alpha value is -1.33. The van der Waals surface area contributed by atoms with E-state index in [-0.39, 0.29) is 0 Å². The monoisotopic (exact) mass is 338 g/mol. The summed E-state index contributed by atoms with van der Waals surface area (Å²) in [6, 6.07) is 5.76. The van der Waals surface area contributed by atoms with Gasteiger partial charge in [-0.2, -0.15) is 0 Å². The van der Waals surface area contributed by atoms with Crippen LogP contribution in [0.2, 0.25) is 0 Å². The van der Waals surface area contributed by atoms with Gasteiger partial charge in [0.1, 0.15) is 5.75 Å². The number of ether oxygens (including phenoxy) is 1. The molecule has 5 heteroatoms. The highest BCUT2D eigenvalue weighted by Gasteiger charge is 2.15. The molecule has 20 heavy (non-hydrogen) atoms. The van der Waals surface area contributed by atoms with Crippen LogP contribution in [0.5, 0.6) is 5.75 Å². The molecule has 0 aliphatic rings. The SMILES string of the molecule is CCCn1cncc1C(O)Cc1cc(OC)ccc1Br. The molecule has 1 aromatic heterocycles. The van der Waals surface area contributed by atoms with Gasteiger partial charge in [-0.25, -0.2) is 4.98 Å². The minimum atomic E-state index is -0.576. The normalized spacial score (nSPS) is 12.4. The molecule has 1 unspecified atom stereocenters. The molecule has 108 valence electrons. The van der Waals surface area contributed by atoms with Crippen LogP contribution in [0.1, 0.15) is 30.7 Å². The molecule has 0 amide bonds. The number of nitrogens with zero attached hydrogens (tertiary/aromatic N) is 2. The van der Waals surface area contributed by atoms with Crippen molar-refractivity contribution >= 4 is 15.9 Å². The molecule has 1 atom stereocenters. The highest BCUT2D eigenvalue weighted by Crippen LogP contribution is 2.27. The van der Waals surface area contributed by atoms with E-state index >= 15 is 0 Å². The lowest BCUT2D eigenvalue weighted by molar-refractivity contribution is 0.168. The van der Waals surface area contributed by atoms with E-state index in [1.54, 1.807) is 19.6 Å². The van der Waals surface area contributed by atoms with Gasteiger partial charge < -0.3 is 14.4 Å². The third-order valence-electron chi connectivity index (χ3n) is 3.22. The minimum absolute atomic E-state index is 0.521. The molecule has 0 spiro atoms. The molecule has 0 bridgehead atoms. The van der Waals surface area contributed by atoms with Crippen LogP contribution < -0.4 is 4.74 Å². The number of hydrogen-bond donors (Lipinski definition) is 1. The summed E-state index contributed by atoms with van der Waals surface area (Å²) in [5.41, 5.74) is 1.86. The van der Waals surface area contributed by atoms with Crippen molar-refractivity contribution < 1.29 is 9.84 Å². The van der Waals surface area contributed by atoms with E-state index in [0.29, 0.717) is 6.42 Å². The predicted molar refractivity (Wildman–Crippen MR) is 81.9 cm³/mol. The quantitative estimate of drug-likeness (QED) is 0.878. The average Bonchev–Trinajstić information content (AvgIpc) is 2.90. The Morgan fingerprint density at radius 1 is 1.45 bits per heavy atom. The van der Waals surface area contributed by atoms with Crippen molar-refractivity contribution in [3.63, 3.8) is 0 Å². The number of aryl methyl sites for hydroxylation is 1. The summed E-state index contributed by atoms with van der Waals surface area (Å²) in [7, 11) is 1.64. The van der Waals surface area contributed by atoms with Gasteiger partial charge in [-0.05, 0) is 30.2 Å². The Kier molecular flexibility index (Phi) is 5.20. The summed E-state index contributed by atoms with van der Waals surface area (Å²) in [6.07, 6.45) is 4.45. The summed E-state index contributed by atoms with van der Waals surface area (Å²) < 4.78 is 8.19. The van der Waals surface area contributed by atoms with E-state index < -0.39 is 6.10 Å². The fourth-order valence-corrected chi connectivity index (χ4v) is 2.59. The fraction of sp³-hybridized carbons (Fsp3) is 0.400. The number of hydrogen-bond acceptors (Lipinski definition) is 3. The number of benzene rings is 1. The number of imidazole rings is 1. The lowest BCUT2D eigenvalue weighted by Crippen LogP contribution is -2.09. The summed E-state index contributed by atoms with van der Waals surface area (Å²) in [5.74, 6) is 0.789. The predicted octanol–water partition coefficient (Wildman–Crippen LogP) is 3.34. The standard InChI is InChI=1S/C15H19BrN2O2/c1-3-6-18-10-17-9-14(18)15(19)8-11-7-12(20-2)4-5-13(11)16/h4-5,7,9-10,15,19H,3,6,8H2,1-2H3. The zero-order chi connectivity index (χ0) is 14.5. The maximum atomic E-state index is 10.4. The smallest absolute Gasteiger partial charge is 0.119 e. The first-order valence-corrected chi connectivity index (χ1v) is 7.45. The Balaban J connectivity index is 2.18. The van der Waals surface area contributed by atoms with Crippen molar-refractivity contribution in [2.24, 2.45) is 0 Å². The number of aliphatic hydroxyl groups is 1. The van der Waals surface area contributed by atoms with Crippen LogP contribution in [0.3, 0.4) is 0 Å². The maximum Gasteiger partial charge on any atom is 0.119 e. The highest BCUT2D eigenvalue weighted by molar-refractivity contribution is 9.10. The topological polar surface area (TPSA) is 47.3 Å². The molecule has 2 aromatic rings. The highest BCUT2D eigenvalue weighted by atomic mass is 79.9. The van der Waals surface area contributed by atoms with Crippen molar-refractivity contribution in [2.45, 2.75) is 32.4 Å². The van der Waals surface area contributed by atoms with E-state index in [1.807, 2.05) is 22.8 Å². The van der Waals surface area contributed by atoms with Crippen molar-refractivity contribution in [1.82, 2.24) is 9.55 Å². The van der Waals surface area contributed by atoms with Crippen LogP contribution in [0, 0.1) is 0 Å². The van der Waals surface area contributed by atoms with E-state index in [9.17, 15) is 5.11 Å². The molecule has 0 aliphatic carbocycles. The number of halogens is 1. The van der Waals surface area contributed by atoms with Crippen LogP contribution >= 0.6 is 15.9 Å². The van der Waals surface area contributed by atoms with Gasteiger partial charge in [-0.3, -0.25) is 0 Å². The first kappa shape index (κ1) is 15.1. The Morgan fingerprint density at radius 2 is 2.25 bits per heavy atom. The molecule has 0 fully saturated rings. The Labute approximate surface area is 127 Å². The number of aromatic nitrogens is 2. The van der Waals surface area contributed by atoms with Crippen LogP contribution in [0.4, 0.5) is 0 Å². The van der Waals surface area contributed by atoms with Gasteiger partial charge in [-0.15, -0.1) is 0 Å². The van der Waals surface area contributed by atoms with Crippen LogP contribution in [0.15, 0.2) is 35.2 Å². The zero-order valence-corrected chi connectivity index (χ0v) is 13.3. The lowest BCUT2D eigenvalue weighted by Gasteiger charge is -2.15. The van der Waals surface area contributed by atoms with Crippen LogP contribution in [-0.4, -0.2) is 21.8 Å². The van der Waals surface area contributed by atoms with Crippen molar-refractivity contribution in [3.05, 3.63) is 46.5 Å². The first-order chi connectivity index (χ1) is 9.65. The second-order valence-electron chi connectivity index (χ2n) is 4.69.